The van der Waals surface area contributed by atoms with Crippen LogP contribution in [0.2, 0.25) is 0 Å². The van der Waals surface area contributed by atoms with Crippen LogP contribution in [0, 0.1) is 19.7 Å². The Kier molecular flexibility index (Phi) is 5.66. The van der Waals surface area contributed by atoms with Crippen LogP contribution in [0.15, 0.2) is 52.1 Å². The summed E-state index contributed by atoms with van der Waals surface area (Å²) in [6, 6.07) is 12.9. The molecule has 2 heterocycles. The van der Waals surface area contributed by atoms with E-state index in [0.717, 1.165) is 23.0 Å². The zero-order valence-electron chi connectivity index (χ0n) is 16.0. The maximum absolute atomic E-state index is 13.7. The van der Waals surface area contributed by atoms with Crippen LogP contribution < -0.4 is 0 Å². The molecule has 9 heteroatoms. The smallest absolute Gasteiger partial charge is 0.226 e. The van der Waals surface area contributed by atoms with Crippen molar-refractivity contribution in [2.45, 2.75) is 31.8 Å². The van der Waals surface area contributed by atoms with Crippen LogP contribution in [0.5, 0.6) is 0 Å². The molecule has 2 aromatic carbocycles. The highest BCUT2D eigenvalue weighted by Crippen LogP contribution is 2.21. The minimum atomic E-state index is -0.281. The molecule has 29 heavy (non-hydrogen) atoms. The summed E-state index contributed by atoms with van der Waals surface area (Å²) in [6.07, 6.45) is 1.44. The van der Waals surface area contributed by atoms with E-state index < -0.39 is 0 Å². The molecule has 0 bridgehead atoms. The van der Waals surface area contributed by atoms with E-state index in [1.165, 1.54) is 11.6 Å². The standard InChI is InChI=1S/C20H19FN6OS/c1-13-5-9-16(10-6-13)27-20(23-25-26-27)29-11-3-4-18-22-19(24-28-18)15-8-7-14(2)17(21)12-15/h5-10,12H,3-4,11H2,1-2H3. The van der Waals surface area contributed by atoms with Gasteiger partial charge in [-0.15, -0.1) is 5.10 Å². The molecule has 7 nitrogen and oxygen atoms in total. The number of hydrogen-bond donors (Lipinski definition) is 0. The molecule has 0 aliphatic carbocycles. The first-order valence-corrected chi connectivity index (χ1v) is 10.2. The SMILES string of the molecule is Cc1ccc(-n2nnnc2SCCCc2nc(-c3ccc(C)c(F)c3)no2)cc1. The Bertz CT molecular complexity index is 1110. The summed E-state index contributed by atoms with van der Waals surface area (Å²) in [4.78, 5) is 4.36. The molecule has 0 amide bonds. The second kappa shape index (κ2) is 8.52. The summed E-state index contributed by atoms with van der Waals surface area (Å²) in [6.45, 7) is 3.75. The Morgan fingerprint density at radius 1 is 1.10 bits per heavy atom. The van der Waals surface area contributed by atoms with Gasteiger partial charge >= 0.3 is 0 Å². The summed E-state index contributed by atoms with van der Waals surface area (Å²) in [5.41, 5.74) is 3.30. The molecule has 0 atom stereocenters. The number of aryl methyl sites for hydroxylation is 3. The predicted molar refractivity (Wildman–Crippen MR) is 107 cm³/mol. The molecule has 0 aliphatic heterocycles. The van der Waals surface area contributed by atoms with Gasteiger partial charge in [0, 0.05) is 17.7 Å². The monoisotopic (exact) mass is 410 g/mol. The number of tetrazole rings is 1. The minimum Gasteiger partial charge on any atom is -0.339 e. The molecule has 0 fully saturated rings. The van der Waals surface area contributed by atoms with Gasteiger partial charge in [-0.25, -0.2) is 4.39 Å². The first-order valence-electron chi connectivity index (χ1n) is 9.17. The number of benzene rings is 2. The van der Waals surface area contributed by atoms with Crippen molar-refractivity contribution in [3.63, 3.8) is 0 Å². The van der Waals surface area contributed by atoms with Gasteiger partial charge in [-0.2, -0.15) is 9.67 Å². The van der Waals surface area contributed by atoms with Crippen LogP contribution in [0.25, 0.3) is 17.1 Å². The molecule has 148 valence electrons. The lowest BCUT2D eigenvalue weighted by Gasteiger charge is -2.04. The maximum atomic E-state index is 13.7. The van der Waals surface area contributed by atoms with Gasteiger partial charge < -0.3 is 4.52 Å². The van der Waals surface area contributed by atoms with Crippen molar-refractivity contribution in [1.82, 2.24) is 30.3 Å². The van der Waals surface area contributed by atoms with Crippen molar-refractivity contribution >= 4 is 11.8 Å². The summed E-state index contributed by atoms with van der Waals surface area (Å²) in [5.74, 6) is 1.44. The molecule has 0 unspecified atom stereocenters. The van der Waals surface area contributed by atoms with Gasteiger partial charge in [0.2, 0.25) is 16.9 Å². The van der Waals surface area contributed by atoms with Crippen molar-refractivity contribution in [3.05, 3.63) is 65.3 Å². The van der Waals surface area contributed by atoms with Crippen LogP contribution >= 0.6 is 11.8 Å². The van der Waals surface area contributed by atoms with E-state index in [1.807, 2.05) is 31.2 Å². The van der Waals surface area contributed by atoms with Crippen LogP contribution in [0.3, 0.4) is 0 Å². The third-order valence-corrected chi connectivity index (χ3v) is 5.39. The number of halogens is 1. The molecule has 0 radical (unpaired) electrons. The lowest BCUT2D eigenvalue weighted by molar-refractivity contribution is 0.378. The molecule has 0 saturated carbocycles. The van der Waals surface area contributed by atoms with E-state index in [0.29, 0.717) is 29.3 Å². The van der Waals surface area contributed by atoms with Crippen LogP contribution in [0.1, 0.15) is 23.4 Å². The normalized spacial score (nSPS) is 11.1. The first-order chi connectivity index (χ1) is 14.1. The number of nitrogens with zero attached hydrogens (tertiary/aromatic N) is 6. The zero-order valence-corrected chi connectivity index (χ0v) is 16.9. The van der Waals surface area contributed by atoms with Crippen LogP contribution in [-0.2, 0) is 6.42 Å². The lowest BCUT2D eigenvalue weighted by atomic mass is 10.1. The van der Waals surface area contributed by atoms with E-state index in [2.05, 4.69) is 25.7 Å². The molecule has 0 N–H and O–H groups in total. The van der Waals surface area contributed by atoms with Crippen molar-refractivity contribution in [2.24, 2.45) is 0 Å². The molecule has 4 rings (SSSR count). The minimum absolute atomic E-state index is 0.281. The Morgan fingerprint density at radius 2 is 1.93 bits per heavy atom. The number of thioether (sulfide) groups is 1. The van der Waals surface area contributed by atoms with Crippen molar-refractivity contribution in [2.75, 3.05) is 5.75 Å². The van der Waals surface area contributed by atoms with E-state index in [9.17, 15) is 4.39 Å². The van der Waals surface area contributed by atoms with E-state index in [1.54, 1.807) is 35.5 Å². The Hall–Kier alpha value is -3.07. The number of rotatable bonds is 7. The molecule has 0 aliphatic rings. The van der Waals surface area contributed by atoms with Gasteiger partial charge in [-0.05, 0) is 54.5 Å². The summed E-state index contributed by atoms with van der Waals surface area (Å²) in [5, 5.41) is 16.6. The van der Waals surface area contributed by atoms with Crippen LogP contribution in [-0.4, -0.2) is 36.1 Å². The van der Waals surface area contributed by atoms with E-state index in [-0.39, 0.29) is 5.82 Å². The van der Waals surface area contributed by atoms with Crippen LogP contribution in [0.4, 0.5) is 4.39 Å². The van der Waals surface area contributed by atoms with E-state index >= 15 is 0 Å². The second-order valence-electron chi connectivity index (χ2n) is 6.64. The quantitative estimate of drug-likeness (QED) is 0.334. The topological polar surface area (TPSA) is 82.5 Å². The Morgan fingerprint density at radius 3 is 2.72 bits per heavy atom. The fourth-order valence-corrected chi connectivity index (χ4v) is 3.54. The van der Waals surface area contributed by atoms with Gasteiger partial charge in [0.1, 0.15) is 5.82 Å². The fourth-order valence-electron chi connectivity index (χ4n) is 2.71. The Labute approximate surface area is 171 Å². The highest BCUT2D eigenvalue weighted by atomic mass is 32.2. The first kappa shape index (κ1) is 19.3. The second-order valence-corrected chi connectivity index (χ2v) is 7.70. The largest absolute Gasteiger partial charge is 0.339 e. The third kappa shape index (κ3) is 4.51. The third-order valence-electron chi connectivity index (χ3n) is 4.38. The highest BCUT2D eigenvalue weighted by molar-refractivity contribution is 7.99. The number of aromatic nitrogens is 6. The van der Waals surface area contributed by atoms with Crippen molar-refractivity contribution < 1.29 is 8.91 Å². The molecule has 2 aromatic heterocycles. The van der Waals surface area contributed by atoms with Gasteiger partial charge in [0.15, 0.2) is 0 Å². The average Bonchev–Trinajstić information content (AvgIpc) is 3.38. The van der Waals surface area contributed by atoms with Crippen molar-refractivity contribution in [1.29, 1.82) is 0 Å². The fraction of sp³-hybridized carbons (Fsp3) is 0.250. The molecular weight excluding hydrogens is 391 g/mol. The Balaban J connectivity index is 1.33. The number of hydrogen-bond acceptors (Lipinski definition) is 7. The van der Waals surface area contributed by atoms with E-state index in [4.69, 9.17) is 4.52 Å². The molecule has 4 aromatic rings. The predicted octanol–water partition coefficient (Wildman–Crippen LogP) is 4.19. The lowest BCUT2D eigenvalue weighted by Crippen LogP contribution is -1.99. The zero-order chi connectivity index (χ0) is 20.2. The van der Waals surface area contributed by atoms with Gasteiger partial charge in [-0.3, -0.25) is 0 Å². The summed E-state index contributed by atoms with van der Waals surface area (Å²) >= 11 is 1.57. The van der Waals surface area contributed by atoms with Crippen molar-refractivity contribution in [3.8, 4) is 17.1 Å². The van der Waals surface area contributed by atoms with Gasteiger partial charge in [-0.1, -0.05) is 46.7 Å². The summed E-state index contributed by atoms with van der Waals surface area (Å²) in [7, 11) is 0. The van der Waals surface area contributed by atoms with Gasteiger partial charge in [0.05, 0.1) is 5.69 Å². The average molecular weight is 410 g/mol. The maximum Gasteiger partial charge on any atom is 0.226 e. The highest BCUT2D eigenvalue weighted by Gasteiger charge is 2.12. The molecule has 0 spiro atoms. The summed E-state index contributed by atoms with van der Waals surface area (Å²) < 4.78 is 20.7. The van der Waals surface area contributed by atoms with Gasteiger partial charge in [0.25, 0.3) is 0 Å². The molecular formula is C20H19FN6OS. The molecule has 0 saturated heterocycles.